The summed E-state index contributed by atoms with van der Waals surface area (Å²) in [5.74, 6) is 0.130. The van der Waals surface area contributed by atoms with Gasteiger partial charge in [-0.1, -0.05) is 91.0 Å². The number of nitrogen functional groups attached to an aromatic ring is 1. The molecule has 3 heteroatoms. The number of fused-ring (bicyclic) bond motifs is 1. The van der Waals surface area contributed by atoms with Crippen LogP contribution in [0.15, 0.2) is 140 Å². The largest absolute Gasteiger partial charge is 0.505 e. The Labute approximate surface area is 216 Å². The van der Waals surface area contributed by atoms with Crippen molar-refractivity contribution in [3.05, 3.63) is 140 Å². The fourth-order valence-corrected chi connectivity index (χ4v) is 4.76. The molecule has 6 rings (SSSR count). The lowest BCUT2D eigenvalue weighted by molar-refractivity contribution is 0.484. The van der Waals surface area contributed by atoms with Gasteiger partial charge in [-0.3, -0.25) is 0 Å². The minimum absolute atomic E-state index is 0.130. The van der Waals surface area contributed by atoms with Crippen molar-refractivity contribution in [1.82, 2.24) is 0 Å². The zero-order chi connectivity index (χ0) is 25.2. The van der Waals surface area contributed by atoms with Gasteiger partial charge in [0.15, 0.2) is 0 Å². The Kier molecular flexibility index (Phi) is 5.80. The molecule has 0 fully saturated rings. The highest BCUT2D eigenvalue weighted by Crippen LogP contribution is 2.38. The molecule has 0 atom stereocenters. The van der Waals surface area contributed by atoms with Crippen LogP contribution in [0.25, 0.3) is 33.0 Å². The van der Waals surface area contributed by atoms with Crippen LogP contribution in [0.1, 0.15) is 0 Å². The quantitative estimate of drug-likeness (QED) is 0.192. The van der Waals surface area contributed by atoms with Crippen LogP contribution in [0.2, 0.25) is 0 Å². The second-order valence-corrected chi connectivity index (χ2v) is 9.07. The first-order valence-electron chi connectivity index (χ1n) is 12.3. The fraction of sp³-hybridized carbons (Fsp3) is 0. The molecule has 6 aromatic carbocycles. The number of nitrogens with two attached hydrogens (primary N) is 1. The van der Waals surface area contributed by atoms with E-state index in [-0.39, 0.29) is 5.75 Å². The van der Waals surface area contributed by atoms with Crippen LogP contribution >= 0.6 is 0 Å². The zero-order valence-corrected chi connectivity index (χ0v) is 20.3. The molecule has 0 aromatic heterocycles. The number of hydrogen-bond donors (Lipinski definition) is 2. The van der Waals surface area contributed by atoms with Crippen molar-refractivity contribution < 1.29 is 5.11 Å². The molecule has 37 heavy (non-hydrogen) atoms. The Morgan fingerprint density at radius 3 is 1.54 bits per heavy atom. The van der Waals surface area contributed by atoms with E-state index in [0.717, 1.165) is 39.0 Å². The molecule has 0 radical (unpaired) electrons. The van der Waals surface area contributed by atoms with Crippen molar-refractivity contribution in [3.63, 3.8) is 0 Å². The molecule has 0 aliphatic rings. The third-order valence-electron chi connectivity index (χ3n) is 6.73. The van der Waals surface area contributed by atoms with Gasteiger partial charge in [0, 0.05) is 22.4 Å². The van der Waals surface area contributed by atoms with Gasteiger partial charge in [-0.05, 0) is 76.2 Å². The molecule has 3 N–H and O–H groups in total. The van der Waals surface area contributed by atoms with Crippen LogP contribution in [0.5, 0.6) is 5.75 Å². The number of benzene rings is 6. The maximum atomic E-state index is 10.5. The lowest BCUT2D eigenvalue weighted by atomic mass is 9.99. The van der Waals surface area contributed by atoms with Crippen molar-refractivity contribution in [1.29, 1.82) is 0 Å². The summed E-state index contributed by atoms with van der Waals surface area (Å²) in [6.45, 7) is 0. The molecule has 0 aliphatic heterocycles. The van der Waals surface area contributed by atoms with Gasteiger partial charge in [0.2, 0.25) is 0 Å². The summed E-state index contributed by atoms with van der Waals surface area (Å²) in [4.78, 5) is 2.26. The third-order valence-corrected chi connectivity index (χ3v) is 6.73. The summed E-state index contributed by atoms with van der Waals surface area (Å²) >= 11 is 0. The monoisotopic (exact) mass is 478 g/mol. The molecule has 178 valence electrons. The number of para-hydroxylation sites is 1. The molecule has 0 heterocycles. The van der Waals surface area contributed by atoms with Crippen molar-refractivity contribution in [2.45, 2.75) is 0 Å². The van der Waals surface area contributed by atoms with E-state index < -0.39 is 0 Å². The third kappa shape index (κ3) is 4.39. The normalized spacial score (nSPS) is 10.9. The fourth-order valence-electron chi connectivity index (χ4n) is 4.76. The average Bonchev–Trinajstić information content (AvgIpc) is 2.97. The highest BCUT2D eigenvalue weighted by molar-refractivity contribution is 5.95. The Hall–Kier alpha value is -5.02. The summed E-state index contributed by atoms with van der Waals surface area (Å²) in [5.41, 5.74) is 14.0. The number of phenols is 1. The van der Waals surface area contributed by atoms with Gasteiger partial charge in [-0.2, -0.15) is 0 Å². The second-order valence-electron chi connectivity index (χ2n) is 9.07. The predicted molar refractivity (Wildman–Crippen MR) is 156 cm³/mol. The Balaban J connectivity index is 1.37. The summed E-state index contributed by atoms with van der Waals surface area (Å²) in [5, 5.41) is 12.2. The van der Waals surface area contributed by atoms with E-state index >= 15 is 0 Å². The SMILES string of the molecule is Nc1ccc2ccc(-c3ccc(N(c4ccccc4)c4ccc(-c5ccccc5)cc4)cc3)cc2c1O. The van der Waals surface area contributed by atoms with Crippen LogP contribution in [0, 0.1) is 0 Å². The van der Waals surface area contributed by atoms with Gasteiger partial charge in [0.05, 0.1) is 5.69 Å². The number of anilines is 4. The van der Waals surface area contributed by atoms with Crippen LogP contribution in [0.4, 0.5) is 22.7 Å². The maximum absolute atomic E-state index is 10.5. The zero-order valence-electron chi connectivity index (χ0n) is 20.3. The van der Waals surface area contributed by atoms with Gasteiger partial charge in [-0.15, -0.1) is 0 Å². The van der Waals surface area contributed by atoms with E-state index in [9.17, 15) is 5.11 Å². The topological polar surface area (TPSA) is 49.5 Å². The predicted octanol–water partition coefficient (Wildman–Crippen LogP) is 8.93. The highest BCUT2D eigenvalue weighted by atomic mass is 16.3. The van der Waals surface area contributed by atoms with Crippen molar-refractivity contribution in [2.75, 3.05) is 10.6 Å². The molecule has 0 saturated heterocycles. The minimum atomic E-state index is 0.130. The van der Waals surface area contributed by atoms with Gasteiger partial charge >= 0.3 is 0 Å². The summed E-state index contributed by atoms with van der Waals surface area (Å²) < 4.78 is 0. The molecule has 3 nitrogen and oxygen atoms in total. The van der Waals surface area contributed by atoms with Crippen LogP contribution in [-0.2, 0) is 0 Å². The Morgan fingerprint density at radius 2 is 0.919 bits per heavy atom. The van der Waals surface area contributed by atoms with E-state index in [2.05, 4.69) is 108 Å². The van der Waals surface area contributed by atoms with Gasteiger partial charge < -0.3 is 15.7 Å². The molecule has 0 bridgehead atoms. The molecule has 0 saturated carbocycles. The smallest absolute Gasteiger partial charge is 0.146 e. The standard InChI is InChI=1S/C34H26N2O/c35-33-22-17-27-11-12-28(23-32(27)34(33)37)26-15-20-31(21-16-26)36(29-9-5-2-6-10-29)30-18-13-25(14-19-30)24-7-3-1-4-8-24/h1-23,37H,35H2. The number of phenolic OH excluding ortho intramolecular Hbond substituents is 1. The van der Waals surface area contributed by atoms with E-state index in [1.165, 1.54) is 11.1 Å². The number of hydrogen-bond acceptors (Lipinski definition) is 3. The van der Waals surface area contributed by atoms with Gasteiger partial charge in [-0.25, -0.2) is 0 Å². The molecule has 0 spiro atoms. The van der Waals surface area contributed by atoms with Crippen LogP contribution in [-0.4, -0.2) is 5.11 Å². The molecule has 0 unspecified atom stereocenters. The lowest BCUT2D eigenvalue weighted by Gasteiger charge is -2.26. The van der Waals surface area contributed by atoms with Crippen LogP contribution in [0.3, 0.4) is 0 Å². The van der Waals surface area contributed by atoms with E-state index in [4.69, 9.17) is 5.73 Å². The van der Waals surface area contributed by atoms with E-state index in [0.29, 0.717) is 5.69 Å². The second kappa shape index (κ2) is 9.56. The van der Waals surface area contributed by atoms with Crippen molar-refractivity contribution >= 4 is 33.5 Å². The first-order chi connectivity index (χ1) is 18.2. The van der Waals surface area contributed by atoms with E-state index in [1.807, 2.05) is 30.3 Å². The van der Waals surface area contributed by atoms with Gasteiger partial charge in [0.1, 0.15) is 5.75 Å². The van der Waals surface area contributed by atoms with Crippen molar-refractivity contribution in [3.8, 4) is 28.0 Å². The number of nitrogens with zero attached hydrogens (tertiary/aromatic N) is 1. The summed E-state index contributed by atoms with van der Waals surface area (Å²) in [6.07, 6.45) is 0. The maximum Gasteiger partial charge on any atom is 0.146 e. The molecule has 0 amide bonds. The van der Waals surface area contributed by atoms with Crippen molar-refractivity contribution in [2.24, 2.45) is 0 Å². The molecular weight excluding hydrogens is 452 g/mol. The Morgan fingerprint density at radius 1 is 0.459 bits per heavy atom. The summed E-state index contributed by atoms with van der Waals surface area (Å²) in [7, 11) is 0. The summed E-state index contributed by atoms with van der Waals surface area (Å²) in [6, 6.07) is 47.7. The number of aromatic hydroxyl groups is 1. The van der Waals surface area contributed by atoms with E-state index in [1.54, 1.807) is 6.07 Å². The first kappa shape index (κ1) is 22.4. The molecule has 0 aliphatic carbocycles. The minimum Gasteiger partial charge on any atom is -0.505 e. The molecule has 6 aromatic rings. The Bertz CT molecular complexity index is 1660. The average molecular weight is 479 g/mol. The van der Waals surface area contributed by atoms with Crippen LogP contribution < -0.4 is 10.6 Å². The molecular formula is C34H26N2O. The highest BCUT2D eigenvalue weighted by Gasteiger charge is 2.13. The van der Waals surface area contributed by atoms with Gasteiger partial charge in [0.25, 0.3) is 0 Å². The first-order valence-corrected chi connectivity index (χ1v) is 12.3. The number of rotatable bonds is 5. The lowest BCUT2D eigenvalue weighted by Crippen LogP contribution is -2.09.